The first-order valence-corrected chi connectivity index (χ1v) is 7.65. The van der Waals surface area contributed by atoms with Crippen molar-refractivity contribution in [1.82, 2.24) is 20.3 Å². The summed E-state index contributed by atoms with van der Waals surface area (Å²) in [6, 6.07) is 7.33. The molecule has 0 spiro atoms. The van der Waals surface area contributed by atoms with Crippen LogP contribution < -0.4 is 11.1 Å². The third-order valence-electron chi connectivity index (χ3n) is 3.25. The van der Waals surface area contributed by atoms with E-state index < -0.39 is 0 Å². The Morgan fingerprint density at radius 2 is 2.22 bits per heavy atom. The van der Waals surface area contributed by atoms with E-state index in [1.54, 1.807) is 16.8 Å². The number of benzene rings is 1. The van der Waals surface area contributed by atoms with Crippen molar-refractivity contribution >= 4 is 29.9 Å². The van der Waals surface area contributed by atoms with Crippen LogP contribution in [0.15, 0.2) is 24.3 Å². The van der Waals surface area contributed by atoms with Crippen LogP contribution in [0.4, 0.5) is 0 Å². The van der Waals surface area contributed by atoms with Crippen LogP contribution in [-0.2, 0) is 6.42 Å². The maximum atomic E-state index is 12.2. The quantitative estimate of drug-likeness (QED) is 0.830. The van der Waals surface area contributed by atoms with Gasteiger partial charge < -0.3 is 11.1 Å². The van der Waals surface area contributed by atoms with Gasteiger partial charge in [-0.1, -0.05) is 29.8 Å². The first kappa shape index (κ1) is 19.4. The van der Waals surface area contributed by atoms with Gasteiger partial charge in [0.15, 0.2) is 5.69 Å². The number of nitrogens with one attached hydrogen (secondary N) is 1. The van der Waals surface area contributed by atoms with E-state index >= 15 is 0 Å². The van der Waals surface area contributed by atoms with E-state index in [-0.39, 0.29) is 24.4 Å². The van der Waals surface area contributed by atoms with E-state index in [1.807, 2.05) is 26.0 Å². The second-order valence-corrected chi connectivity index (χ2v) is 5.59. The molecule has 0 aliphatic heterocycles. The normalized spacial score (nSPS) is 11.7. The summed E-state index contributed by atoms with van der Waals surface area (Å²) in [5.41, 5.74) is 7.55. The van der Waals surface area contributed by atoms with Crippen LogP contribution in [0, 0.1) is 0 Å². The molecule has 1 atom stereocenters. The molecule has 1 aromatic heterocycles. The molecule has 1 aromatic carbocycles. The summed E-state index contributed by atoms with van der Waals surface area (Å²) in [6.45, 7) is 4.38. The minimum absolute atomic E-state index is 0. The van der Waals surface area contributed by atoms with Crippen molar-refractivity contribution in [3.05, 3.63) is 40.7 Å². The van der Waals surface area contributed by atoms with Gasteiger partial charge in [-0.15, -0.1) is 17.5 Å². The average Bonchev–Trinajstić information content (AvgIpc) is 2.90. The third-order valence-corrected chi connectivity index (χ3v) is 3.49. The Labute approximate surface area is 146 Å². The van der Waals surface area contributed by atoms with E-state index in [0.717, 1.165) is 17.8 Å². The number of nitrogens with zero attached hydrogens (tertiary/aromatic N) is 3. The monoisotopic (exact) mass is 357 g/mol. The van der Waals surface area contributed by atoms with Crippen molar-refractivity contribution in [2.24, 2.45) is 5.73 Å². The first-order chi connectivity index (χ1) is 10.5. The summed E-state index contributed by atoms with van der Waals surface area (Å²) < 4.78 is 1.65. The Bertz CT molecular complexity index is 657. The van der Waals surface area contributed by atoms with E-state index in [4.69, 9.17) is 17.3 Å². The van der Waals surface area contributed by atoms with Crippen molar-refractivity contribution in [2.45, 2.75) is 32.7 Å². The van der Waals surface area contributed by atoms with Crippen molar-refractivity contribution < 1.29 is 4.79 Å². The number of halogens is 2. The summed E-state index contributed by atoms with van der Waals surface area (Å²) in [4.78, 5) is 12.2. The third kappa shape index (κ3) is 4.92. The molecule has 0 saturated heterocycles. The molecule has 126 valence electrons. The highest BCUT2D eigenvalue weighted by atomic mass is 35.5. The lowest BCUT2D eigenvalue weighted by Crippen LogP contribution is -2.29. The number of carbonyl (C=O) groups is 1. The average molecular weight is 358 g/mol. The largest absolute Gasteiger partial charge is 0.351 e. The topological polar surface area (TPSA) is 85.8 Å². The van der Waals surface area contributed by atoms with Crippen LogP contribution in [0.1, 0.15) is 36.5 Å². The van der Waals surface area contributed by atoms with Gasteiger partial charge in [0, 0.05) is 17.6 Å². The van der Waals surface area contributed by atoms with E-state index in [9.17, 15) is 4.79 Å². The lowest BCUT2D eigenvalue weighted by atomic mass is 10.2. The minimum Gasteiger partial charge on any atom is -0.351 e. The van der Waals surface area contributed by atoms with Gasteiger partial charge in [-0.3, -0.25) is 4.79 Å². The number of rotatable bonds is 6. The molecule has 0 radical (unpaired) electrons. The van der Waals surface area contributed by atoms with Gasteiger partial charge in [-0.2, -0.15) is 0 Å². The summed E-state index contributed by atoms with van der Waals surface area (Å²) in [5.74, 6) is -0.231. The Balaban J connectivity index is 0.00000264. The standard InChI is InChI=1S/C15H20ClN5O.ClH/c1-3-13-14(15(22)18-8-7-10(2)17)19-20-21(13)12-6-4-5-11(16)9-12;/h4-6,9-10H,3,7-8,17H2,1-2H3,(H,18,22);1H. The summed E-state index contributed by atoms with van der Waals surface area (Å²) in [7, 11) is 0. The summed E-state index contributed by atoms with van der Waals surface area (Å²) in [5, 5.41) is 11.5. The maximum Gasteiger partial charge on any atom is 0.273 e. The summed E-state index contributed by atoms with van der Waals surface area (Å²) in [6.07, 6.45) is 1.35. The number of carbonyl (C=O) groups excluding carboxylic acids is 1. The molecule has 2 aromatic rings. The first-order valence-electron chi connectivity index (χ1n) is 7.27. The number of hydrogen-bond donors (Lipinski definition) is 2. The van der Waals surface area contributed by atoms with Gasteiger partial charge in [0.2, 0.25) is 0 Å². The molecule has 6 nitrogen and oxygen atoms in total. The zero-order chi connectivity index (χ0) is 16.1. The Kier molecular flexibility index (Phi) is 7.48. The molecule has 1 amide bonds. The predicted molar refractivity (Wildman–Crippen MR) is 93.6 cm³/mol. The molecule has 0 aliphatic rings. The highest BCUT2D eigenvalue weighted by Crippen LogP contribution is 2.17. The lowest BCUT2D eigenvalue weighted by Gasteiger charge is -2.08. The lowest BCUT2D eigenvalue weighted by molar-refractivity contribution is 0.0947. The molecule has 1 unspecified atom stereocenters. The van der Waals surface area contributed by atoms with Crippen molar-refractivity contribution in [2.75, 3.05) is 6.54 Å². The van der Waals surface area contributed by atoms with Gasteiger partial charge in [0.05, 0.1) is 11.4 Å². The number of nitrogens with two attached hydrogens (primary N) is 1. The highest BCUT2D eigenvalue weighted by Gasteiger charge is 2.19. The van der Waals surface area contributed by atoms with Crippen molar-refractivity contribution in [3.63, 3.8) is 0 Å². The molecule has 8 heteroatoms. The molecule has 0 bridgehead atoms. The fraction of sp³-hybridized carbons (Fsp3) is 0.400. The van der Waals surface area contributed by atoms with E-state index in [2.05, 4.69) is 15.6 Å². The van der Waals surface area contributed by atoms with Crippen LogP contribution in [0.25, 0.3) is 5.69 Å². The molecule has 2 rings (SSSR count). The fourth-order valence-corrected chi connectivity index (χ4v) is 2.29. The smallest absolute Gasteiger partial charge is 0.273 e. The van der Waals surface area contributed by atoms with Crippen LogP contribution in [0.2, 0.25) is 5.02 Å². The molecule has 0 saturated carbocycles. The number of amides is 1. The van der Waals surface area contributed by atoms with Gasteiger partial charge in [-0.05, 0) is 38.0 Å². The van der Waals surface area contributed by atoms with Crippen LogP contribution in [-0.4, -0.2) is 33.5 Å². The molecule has 0 fully saturated rings. The van der Waals surface area contributed by atoms with Gasteiger partial charge >= 0.3 is 0 Å². The SMILES string of the molecule is CCc1c(C(=O)NCCC(C)N)nnn1-c1cccc(Cl)c1.Cl. The molecular weight excluding hydrogens is 337 g/mol. The van der Waals surface area contributed by atoms with Gasteiger partial charge in [0.25, 0.3) is 5.91 Å². The van der Waals surface area contributed by atoms with Crippen LogP contribution >= 0.6 is 24.0 Å². The zero-order valence-electron chi connectivity index (χ0n) is 13.1. The Hall–Kier alpha value is -1.63. The second kappa shape index (κ2) is 8.86. The number of hydrogen-bond acceptors (Lipinski definition) is 4. The fourth-order valence-electron chi connectivity index (χ4n) is 2.11. The molecule has 1 heterocycles. The highest BCUT2D eigenvalue weighted by molar-refractivity contribution is 6.30. The van der Waals surface area contributed by atoms with Crippen molar-refractivity contribution in [1.29, 1.82) is 0 Å². The second-order valence-electron chi connectivity index (χ2n) is 5.15. The van der Waals surface area contributed by atoms with Gasteiger partial charge in [-0.25, -0.2) is 4.68 Å². The Morgan fingerprint density at radius 1 is 1.48 bits per heavy atom. The van der Waals surface area contributed by atoms with E-state index in [0.29, 0.717) is 23.7 Å². The number of aromatic nitrogens is 3. The maximum absolute atomic E-state index is 12.2. The van der Waals surface area contributed by atoms with E-state index in [1.165, 1.54) is 0 Å². The minimum atomic E-state index is -0.231. The Morgan fingerprint density at radius 3 is 2.83 bits per heavy atom. The molecule has 23 heavy (non-hydrogen) atoms. The predicted octanol–water partition coefficient (Wildman–Crippen LogP) is 2.37. The zero-order valence-corrected chi connectivity index (χ0v) is 14.7. The summed E-state index contributed by atoms with van der Waals surface area (Å²) >= 11 is 6.01. The van der Waals surface area contributed by atoms with Crippen LogP contribution in [0.5, 0.6) is 0 Å². The molecular formula is C15H21Cl2N5O. The van der Waals surface area contributed by atoms with Gasteiger partial charge in [0.1, 0.15) is 0 Å². The van der Waals surface area contributed by atoms with Crippen molar-refractivity contribution in [3.8, 4) is 5.69 Å². The molecule has 3 N–H and O–H groups in total. The van der Waals surface area contributed by atoms with Crippen LogP contribution in [0.3, 0.4) is 0 Å². The molecule has 0 aliphatic carbocycles.